The van der Waals surface area contributed by atoms with Crippen LogP contribution in [0.3, 0.4) is 0 Å². The highest BCUT2D eigenvalue weighted by Crippen LogP contribution is 2.39. The molecule has 0 spiro atoms. The Bertz CT molecular complexity index is 1030. The molecule has 0 fully saturated rings. The van der Waals surface area contributed by atoms with Gasteiger partial charge in [0, 0.05) is 19.0 Å². The summed E-state index contributed by atoms with van der Waals surface area (Å²) in [6, 6.07) is 12.4. The van der Waals surface area contributed by atoms with E-state index in [0.717, 1.165) is 23.1 Å². The summed E-state index contributed by atoms with van der Waals surface area (Å²) in [6.45, 7) is 5.87. The number of hydrogen-bond donors (Lipinski definition) is 1. The Kier molecular flexibility index (Phi) is 5.99. The van der Waals surface area contributed by atoms with Gasteiger partial charge in [-0.1, -0.05) is 17.7 Å². The van der Waals surface area contributed by atoms with E-state index in [0.29, 0.717) is 17.9 Å². The zero-order valence-corrected chi connectivity index (χ0v) is 18.7. The molecule has 3 rings (SSSR count). The topological polar surface area (TPSA) is 84.9 Å². The molecule has 0 radical (unpaired) electrons. The van der Waals surface area contributed by atoms with E-state index in [1.807, 2.05) is 39.0 Å². The normalized spacial score (nSPS) is 17.4. The summed E-state index contributed by atoms with van der Waals surface area (Å²) in [5.41, 5.74) is 2.20. The molecule has 1 unspecified atom stereocenters. The number of amides is 1. The predicted molar refractivity (Wildman–Crippen MR) is 117 cm³/mol. The highest BCUT2D eigenvalue weighted by molar-refractivity contribution is 7.92. The number of aryl methyl sites for hydroxylation is 1. The Morgan fingerprint density at radius 1 is 1.23 bits per heavy atom. The van der Waals surface area contributed by atoms with Crippen molar-refractivity contribution in [3.8, 4) is 11.5 Å². The summed E-state index contributed by atoms with van der Waals surface area (Å²) >= 11 is 0. The number of ether oxygens (including phenoxy) is 2. The van der Waals surface area contributed by atoms with Crippen LogP contribution in [0.5, 0.6) is 11.5 Å². The smallest absolute Gasteiger partial charge is 0.258 e. The molecule has 1 atom stereocenters. The van der Waals surface area contributed by atoms with Crippen LogP contribution in [0, 0.1) is 6.92 Å². The van der Waals surface area contributed by atoms with Crippen LogP contribution in [-0.2, 0) is 14.8 Å². The zero-order chi connectivity index (χ0) is 22.1. The van der Waals surface area contributed by atoms with Crippen molar-refractivity contribution in [2.45, 2.75) is 38.8 Å². The molecule has 1 N–H and O–H groups in total. The third-order valence-corrected chi connectivity index (χ3v) is 6.23. The fourth-order valence-corrected chi connectivity index (χ4v) is 3.94. The lowest BCUT2D eigenvalue weighted by Gasteiger charge is -2.38. The van der Waals surface area contributed by atoms with Crippen LogP contribution in [0.4, 0.5) is 5.69 Å². The molecule has 2 aromatic rings. The van der Waals surface area contributed by atoms with Gasteiger partial charge in [-0.3, -0.25) is 9.10 Å². The minimum Gasteiger partial charge on any atom is -0.487 e. The lowest BCUT2D eigenvalue weighted by atomic mass is 9.89. The third kappa shape index (κ3) is 5.24. The largest absolute Gasteiger partial charge is 0.487 e. The Morgan fingerprint density at radius 2 is 1.90 bits per heavy atom. The van der Waals surface area contributed by atoms with Gasteiger partial charge in [0.25, 0.3) is 5.91 Å². The summed E-state index contributed by atoms with van der Waals surface area (Å²) in [5.74, 6) is 1.04. The van der Waals surface area contributed by atoms with Gasteiger partial charge in [-0.25, -0.2) is 8.42 Å². The number of nitrogens with zero attached hydrogens (tertiary/aromatic N) is 1. The number of carbonyl (C=O) groups excluding carboxylic acids is 1. The van der Waals surface area contributed by atoms with E-state index in [1.54, 1.807) is 24.3 Å². The van der Waals surface area contributed by atoms with Gasteiger partial charge in [-0.15, -0.1) is 0 Å². The van der Waals surface area contributed by atoms with Gasteiger partial charge in [0.15, 0.2) is 6.61 Å². The summed E-state index contributed by atoms with van der Waals surface area (Å²) in [6.07, 6.45) is 1.79. The summed E-state index contributed by atoms with van der Waals surface area (Å²) in [5, 5.41) is 3.05. The van der Waals surface area contributed by atoms with Gasteiger partial charge in [-0.05, 0) is 51.1 Å². The van der Waals surface area contributed by atoms with E-state index >= 15 is 0 Å². The second-order valence-electron chi connectivity index (χ2n) is 8.24. The minimum atomic E-state index is -3.33. The van der Waals surface area contributed by atoms with Crippen LogP contribution in [0.1, 0.15) is 37.4 Å². The molecule has 1 aliphatic rings. The third-order valence-electron chi connectivity index (χ3n) is 5.03. The first-order chi connectivity index (χ1) is 13.9. The Labute approximate surface area is 178 Å². The van der Waals surface area contributed by atoms with Gasteiger partial charge in [0.05, 0.1) is 18.0 Å². The molecule has 2 aromatic carbocycles. The second kappa shape index (κ2) is 8.18. The van der Waals surface area contributed by atoms with Crippen molar-refractivity contribution in [3.05, 3.63) is 53.6 Å². The van der Waals surface area contributed by atoms with Crippen LogP contribution >= 0.6 is 0 Å². The van der Waals surface area contributed by atoms with Crippen molar-refractivity contribution in [1.29, 1.82) is 0 Å². The highest BCUT2D eigenvalue weighted by atomic mass is 32.2. The van der Waals surface area contributed by atoms with Crippen molar-refractivity contribution in [2.24, 2.45) is 0 Å². The first-order valence-corrected chi connectivity index (χ1v) is 11.6. The highest BCUT2D eigenvalue weighted by Gasteiger charge is 2.34. The molecule has 0 bridgehead atoms. The maximum absolute atomic E-state index is 12.5. The Balaban J connectivity index is 1.63. The maximum Gasteiger partial charge on any atom is 0.258 e. The molecular weight excluding hydrogens is 404 g/mol. The molecule has 1 aliphatic heterocycles. The molecule has 7 nitrogen and oxygen atoms in total. The van der Waals surface area contributed by atoms with Crippen molar-refractivity contribution < 1.29 is 22.7 Å². The van der Waals surface area contributed by atoms with Crippen LogP contribution in [0.15, 0.2) is 42.5 Å². The molecule has 0 aliphatic carbocycles. The van der Waals surface area contributed by atoms with E-state index in [1.165, 1.54) is 11.4 Å². The van der Waals surface area contributed by atoms with E-state index in [-0.39, 0.29) is 24.2 Å². The van der Waals surface area contributed by atoms with Gasteiger partial charge < -0.3 is 14.8 Å². The molecule has 1 amide bonds. The fraction of sp³-hybridized carbons (Fsp3) is 0.409. The number of hydrogen-bond acceptors (Lipinski definition) is 5. The number of fused-ring (bicyclic) bond motifs is 1. The Morgan fingerprint density at radius 3 is 2.53 bits per heavy atom. The molecule has 1 heterocycles. The van der Waals surface area contributed by atoms with Gasteiger partial charge in [0.1, 0.15) is 17.1 Å². The van der Waals surface area contributed by atoms with Gasteiger partial charge in [0.2, 0.25) is 10.0 Å². The van der Waals surface area contributed by atoms with Crippen LogP contribution in [0.2, 0.25) is 0 Å². The molecule has 162 valence electrons. The van der Waals surface area contributed by atoms with Crippen molar-refractivity contribution in [1.82, 2.24) is 5.32 Å². The minimum absolute atomic E-state index is 0.139. The van der Waals surface area contributed by atoms with Crippen molar-refractivity contribution in [2.75, 3.05) is 24.2 Å². The average Bonchev–Trinajstić information content (AvgIpc) is 2.65. The number of nitrogens with one attached hydrogen (secondary N) is 1. The number of rotatable bonds is 6. The van der Waals surface area contributed by atoms with Gasteiger partial charge in [-0.2, -0.15) is 0 Å². The first kappa shape index (κ1) is 22.0. The van der Waals surface area contributed by atoms with E-state index in [9.17, 15) is 13.2 Å². The number of anilines is 1. The van der Waals surface area contributed by atoms with E-state index in [4.69, 9.17) is 9.47 Å². The maximum atomic E-state index is 12.5. The van der Waals surface area contributed by atoms with Gasteiger partial charge >= 0.3 is 0 Å². The van der Waals surface area contributed by atoms with Crippen LogP contribution in [0.25, 0.3) is 0 Å². The molecule has 0 saturated heterocycles. The van der Waals surface area contributed by atoms with Crippen LogP contribution < -0.4 is 19.1 Å². The molecule has 8 heteroatoms. The first-order valence-electron chi connectivity index (χ1n) is 9.70. The quantitative estimate of drug-likeness (QED) is 0.758. The summed E-state index contributed by atoms with van der Waals surface area (Å²) < 4.78 is 36.0. The summed E-state index contributed by atoms with van der Waals surface area (Å²) in [7, 11) is -1.85. The lowest BCUT2D eigenvalue weighted by Crippen LogP contribution is -2.42. The standard InChI is InChI=1S/C22H28N2O5S/c1-15-6-11-20-18(12-15)19(13-22(2,3)29-20)23-21(25)14-28-17-9-7-16(8-10-17)24(4)30(5,26)27/h6-12,19H,13-14H2,1-5H3,(H,23,25). The molecule has 0 aromatic heterocycles. The molecular formula is C22H28N2O5S. The number of benzene rings is 2. The lowest BCUT2D eigenvalue weighted by molar-refractivity contribution is -0.124. The SMILES string of the molecule is Cc1ccc2c(c1)C(NC(=O)COc1ccc(N(C)S(C)(=O)=O)cc1)CC(C)(C)O2. The molecule has 0 saturated carbocycles. The van der Waals surface area contributed by atoms with Crippen LogP contribution in [-0.4, -0.2) is 39.8 Å². The van der Waals surface area contributed by atoms with Crippen molar-refractivity contribution in [3.63, 3.8) is 0 Å². The zero-order valence-electron chi connectivity index (χ0n) is 17.9. The van der Waals surface area contributed by atoms with E-state index in [2.05, 4.69) is 5.32 Å². The molecule has 30 heavy (non-hydrogen) atoms. The number of carbonyl (C=O) groups is 1. The summed E-state index contributed by atoms with van der Waals surface area (Å²) in [4.78, 5) is 12.5. The number of sulfonamides is 1. The predicted octanol–water partition coefficient (Wildman–Crippen LogP) is 3.19. The Hall–Kier alpha value is -2.74. The second-order valence-corrected chi connectivity index (χ2v) is 10.3. The van der Waals surface area contributed by atoms with Crippen molar-refractivity contribution >= 4 is 21.6 Å². The monoisotopic (exact) mass is 432 g/mol. The average molecular weight is 433 g/mol. The van der Waals surface area contributed by atoms with E-state index < -0.39 is 10.0 Å². The fourth-order valence-electron chi connectivity index (χ4n) is 3.43.